The summed E-state index contributed by atoms with van der Waals surface area (Å²) < 4.78 is 0. The second kappa shape index (κ2) is 7.27. The van der Waals surface area contributed by atoms with Crippen molar-refractivity contribution in [2.75, 3.05) is 36.8 Å². The molecule has 0 spiro atoms. The summed E-state index contributed by atoms with van der Waals surface area (Å²) in [7, 11) is 0. The number of pyridine rings is 2. The first-order chi connectivity index (χ1) is 12.0. The monoisotopic (exact) mass is 339 g/mol. The zero-order chi connectivity index (χ0) is 17.8. The van der Waals surface area contributed by atoms with E-state index < -0.39 is 5.91 Å². The van der Waals surface area contributed by atoms with E-state index in [9.17, 15) is 4.79 Å². The third-order valence-electron chi connectivity index (χ3n) is 4.05. The molecular weight excluding hydrogens is 318 g/mol. The largest absolute Gasteiger partial charge is 0.397 e. The quantitative estimate of drug-likeness (QED) is 0.563. The first kappa shape index (κ1) is 16.8. The molecule has 8 nitrogen and oxygen atoms in total. The summed E-state index contributed by atoms with van der Waals surface area (Å²) in [6.07, 6.45) is 1.46. The Balaban J connectivity index is 1.89. The van der Waals surface area contributed by atoms with Gasteiger partial charge in [0.2, 0.25) is 5.91 Å². The predicted octanol–water partition coefficient (Wildman–Crippen LogP) is -0.0876. The third kappa shape index (κ3) is 3.92. The minimum atomic E-state index is -0.478. The van der Waals surface area contributed by atoms with Crippen LogP contribution in [0, 0.1) is 5.41 Å². The van der Waals surface area contributed by atoms with Crippen LogP contribution in [0.1, 0.15) is 17.0 Å². The topological polar surface area (TPSA) is 134 Å². The lowest BCUT2D eigenvalue weighted by molar-refractivity contribution is -0.117. The number of nitrogens with two attached hydrogens (primary N) is 2. The number of hydrogen-bond donors (Lipinski definition) is 4. The molecule has 0 aromatic carbocycles. The number of nitrogens with one attached hydrogen (secondary N) is 2. The van der Waals surface area contributed by atoms with Crippen molar-refractivity contribution in [1.29, 1.82) is 5.41 Å². The zero-order valence-electron chi connectivity index (χ0n) is 13.8. The smallest absolute Gasteiger partial charge is 0.223 e. The minimum Gasteiger partial charge on any atom is -0.397 e. The van der Waals surface area contributed by atoms with Crippen molar-refractivity contribution in [2.45, 2.75) is 6.42 Å². The lowest BCUT2D eigenvalue weighted by atomic mass is 10.0. The van der Waals surface area contributed by atoms with Gasteiger partial charge >= 0.3 is 0 Å². The molecule has 130 valence electrons. The summed E-state index contributed by atoms with van der Waals surface area (Å²) >= 11 is 0. The molecule has 8 heteroatoms. The molecule has 0 aliphatic carbocycles. The molecule has 1 aliphatic heterocycles. The fourth-order valence-corrected chi connectivity index (χ4v) is 2.77. The fraction of sp³-hybridized carbons (Fsp3) is 0.294. The number of nitrogens with zero attached hydrogens (tertiary/aromatic N) is 3. The van der Waals surface area contributed by atoms with Crippen LogP contribution in [0.2, 0.25) is 0 Å². The van der Waals surface area contributed by atoms with Crippen molar-refractivity contribution in [2.24, 2.45) is 5.73 Å². The number of anilines is 2. The van der Waals surface area contributed by atoms with Gasteiger partial charge in [-0.15, -0.1) is 0 Å². The second-order valence-electron chi connectivity index (χ2n) is 5.90. The Kier molecular flexibility index (Phi) is 4.90. The second-order valence-corrected chi connectivity index (χ2v) is 5.90. The Bertz CT molecular complexity index is 799. The Morgan fingerprint density at radius 3 is 2.80 bits per heavy atom. The zero-order valence-corrected chi connectivity index (χ0v) is 13.8. The van der Waals surface area contributed by atoms with Gasteiger partial charge in [0.15, 0.2) is 0 Å². The molecule has 0 bridgehead atoms. The average Bonchev–Trinajstić information content (AvgIpc) is 2.63. The van der Waals surface area contributed by atoms with Gasteiger partial charge in [0.1, 0.15) is 5.82 Å². The summed E-state index contributed by atoms with van der Waals surface area (Å²) in [5.41, 5.74) is 13.3. The number of carbonyl (C=O) groups is 1. The number of primary amides is 1. The van der Waals surface area contributed by atoms with Gasteiger partial charge in [-0.3, -0.25) is 15.2 Å². The molecule has 1 saturated heterocycles. The van der Waals surface area contributed by atoms with Crippen molar-refractivity contribution in [3.05, 3.63) is 47.4 Å². The molecule has 0 radical (unpaired) electrons. The molecule has 3 heterocycles. The normalized spacial score (nSPS) is 14.3. The molecule has 1 amide bonds. The van der Waals surface area contributed by atoms with Gasteiger partial charge in [-0.2, -0.15) is 0 Å². The van der Waals surface area contributed by atoms with Crippen molar-refractivity contribution in [3.63, 3.8) is 0 Å². The number of hydrogen-bond acceptors (Lipinski definition) is 7. The van der Waals surface area contributed by atoms with Gasteiger partial charge in [0, 0.05) is 31.7 Å². The molecule has 1 aliphatic rings. The maximum atomic E-state index is 11.1. The highest BCUT2D eigenvalue weighted by atomic mass is 16.1. The number of aromatic nitrogens is 2. The molecule has 1 fully saturated rings. The highest BCUT2D eigenvalue weighted by Crippen LogP contribution is 2.19. The van der Waals surface area contributed by atoms with Crippen LogP contribution in [-0.4, -0.2) is 47.8 Å². The Morgan fingerprint density at radius 2 is 2.08 bits per heavy atom. The van der Waals surface area contributed by atoms with E-state index >= 15 is 0 Å². The molecule has 2 aromatic heterocycles. The van der Waals surface area contributed by atoms with E-state index in [4.69, 9.17) is 16.9 Å². The van der Waals surface area contributed by atoms with Crippen LogP contribution >= 0.6 is 0 Å². The first-order valence-corrected chi connectivity index (χ1v) is 8.09. The molecule has 0 atom stereocenters. The van der Waals surface area contributed by atoms with Gasteiger partial charge in [-0.25, -0.2) is 4.98 Å². The van der Waals surface area contributed by atoms with Crippen LogP contribution in [0.25, 0.3) is 0 Å². The summed E-state index contributed by atoms with van der Waals surface area (Å²) in [5.74, 6) is 0.363. The van der Waals surface area contributed by atoms with Gasteiger partial charge in [0.25, 0.3) is 0 Å². The summed E-state index contributed by atoms with van der Waals surface area (Å²) in [6, 6.07) is 7.23. The predicted molar refractivity (Wildman–Crippen MR) is 96.8 cm³/mol. The maximum Gasteiger partial charge on any atom is 0.223 e. The third-order valence-corrected chi connectivity index (χ3v) is 4.05. The fourth-order valence-electron chi connectivity index (χ4n) is 2.77. The highest BCUT2D eigenvalue weighted by molar-refractivity contribution is 6.12. The van der Waals surface area contributed by atoms with Gasteiger partial charge in [-0.05, 0) is 18.2 Å². The number of rotatable bonds is 5. The van der Waals surface area contributed by atoms with E-state index in [0.29, 0.717) is 22.6 Å². The van der Waals surface area contributed by atoms with Crippen molar-refractivity contribution in [1.82, 2.24) is 15.3 Å². The van der Waals surface area contributed by atoms with Gasteiger partial charge in [-0.1, -0.05) is 6.07 Å². The van der Waals surface area contributed by atoms with E-state index in [1.54, 1.807) is 12.1 Å². The number of carbonyl (C=O) groups excluding carboxylic acids is 1. The molecule has 0 unspecified atom stereocenters. The molecular formula is C17H21N7O. The van der Waals surface area contributed by atoms with E-state index in [1.807, 2.05) is 12.1 Å². The molecule has 25 heavy (non-hydrogen) atoms. The van der Waals surface area contributed by atoms with Crippen LogP contribution in [0.5, 0.6) is 0 Å². The average molecular weight is 339 g/mol. The van der Waals surface area contributed by atoms with E-state index in [1.165, 1.54) is 6.20 Å². The lowest BCUT2D eigenvalue weighted by Crippen LogP contribution is -2.44. The molecule has 6 N–H and O–H groups in total. The number of nitrogen functional groups attached to an aromatic ring is 1. The highest BCUT2D eigenvalue weighted by Gasteiger charge is 2.16. The van der Waals surface area contributed by atoms with Crippen molar-refractivity contribution >= 4 is 23.1 Å². The van der Waals surface area contributed by atoms with Crippen LogP contribution < -0.4 is 21.7 Å². The Hall–Kier alpha value is -3.00. The van der Waals surface area contributed by atoms with E-state index in [0.717, 1.165) is 32.0 Å². The maximum absolute atomic E-state index is 11.1. The standard InChI is InChI=1S/C17H21N7O/c18-13-10-22-11(9-15(19)25)8-12(13)17(20)14-2-1-3-16(23-14)24-6-4-21-5-7-24/h1-3,8,10,20-21H,4-7,9,18H2,(H2,19,25). The number of amides is 1. The van der Waals surface area contributed by atoms with Crippen molar-refractivity contribution < 1.29 is 4.79 Å². The Morgan fingerprint density at radius 1 is 1.32 bits per heavy atom. The Labute approximate surface area is 145 Å². The molecule has 0 saturated carbocycles. The SMILES string of the molecule is N=C(c1cccc(N2CCNCC2)n1)c1cc(CC(N)=O)ncc1N. The lowest BCUT2D eigenvalue weighted by Gasteiger charge is -2.28. The van der Waals surface area contributed by atoms with Crippen LogP contribution in [0.15, 0.2) is 30.5 Å². The first-order valence-electron chi connectivity index (χ1n) is 8.09. The van der Waals surface area contributed by atoms with Crippen molar-refractivity contribution in [3.8, 4) is 0 Å². The molecule has 2 aromatic rings. The number of piperazine rings is 1. The summed E-state index contributed by atoms with van der Waals surface area (Å²) in [6.45, 7) is 3.59. The summed E-state index contributed by atoms with van der Waals surface area (Å²) in [4.78, 5) is 22.0. The summed E-state index contributed by atoms with van der Waals surface area (Å²) in [5, 5.41) is 11.8. The van der Waals surface area contributed by atoms with Gasteiger partial charge < -0.3 is 21.7 Å². The van der Waals surface area contributed by atoms with Crippen LogP contribution in [-0.2, 0) is 11.2 Å². The van der Waals surface area contributed by atoms with E-state index in [-0.39, 0.29) is 12.1 Å². The molecule has 3 rings (SSSR count). The minimum absolute atomic E-state index is 0.00874. The van der Waals surface area contributed by atoms with Crippen LogP contribution in [0.3, 0.4) is 0 Å². The van der Waals surface area contributed by atoms with Gasteiger partial charge in [0.05, 0.1) is 35.4 Å². The van der Waals surface area contributed by atoms with E-state index in [2.05, 4.69) is 20.2 Å². The van der Waals surface area contributed by atoms with Crippen LogP contribution in [0.4, 0.5) is 11.5 Å².